The Morgan fingerprint density at radius 3 is 1.70 bits per heavy atom. The van der Waals surface area contributed by atoms with Crippen LogP contribution in [0.1, 0.15) is 112 Å². The van der Waals surface area contributed by atoms with Gasteiger partial charge in [-0.1, -0.05) is 116 Å². The molecule has 0 nitrogen and oxygen atoms in total. The van der Waals surface area contributed by atoms with Crippen LogP contribution in [0.15, 0.2) is 66.7 Å². The summed E-state index contributed by atoms with van der Waals surface area (Å²) in [4.78, 5) is 0. The van der Waals surface area contributed by atoms with Crippen LogP contribution in [0.25, 0.3) is 11.1 Å². The number of halogens is 2. The Kier molecular flexibility index (Phi) is 14.2. The Balaban J connectivity index is 0.000000356. The summed E-state index contributed by atoms with van der Waals surface area (Å²) in [6, 6.07) is 28.2. The van der Waals surface area contributed by atoms with E-state index in [4.69, 9.17) is 0 Å². The normalized spacial score (nSPS) is 11.9. The molecule has 0 bridgehead atoms. The average molecular weight is 693 g/mol. The number of hydrogen-bond donors (Lipinski definition) is 0. The summed E-state index contributed by atoms with van der Waals surface area (Å²) in [6.45, 7) is 26.9. The van der Waals surface area contributed by atoms with Gasteiger partial charge in [-0.05, 0) is 17.4 Å². The third-order valence-electron chi connectivity index (χ3n) is 7.82. The number of fused-ring (bicyclic) bond motifs is 3. The smallest absolute Gasteiger partial charge is 1.00 e. The van der Waals surface area contributed by atoms with E-state index in [0.717, 1.165) is 6.42 Å². The maximum Gasteiger partial charge on any atom is -1.00 e. The van der Waals surface area contributed by atoms with Gasteiger partial charge in [0, 0.05) is 0 Å². The fourth-order valence-electron chi connectivity index (χ4n) is 5.26. The van der Waals surface area contributed by atoms with Gasteiger partial charge in [0.05, 0.1) is 0 Å². The van der Waals surface area contributed by atoms with Gasteiger partial charge in [0.15, 0.2) is 0 Å². The molecule has 0 saturated heterocycles. The van der Waals surface area contributed by atoms with E-state index in [1.165, 1.54) is 85.4 Å². The summed E-state index contributed by atoms with van der Waals surface area (Å²) < 4.78 is 2.19. The Labute approximate surface area is 290 Å². The van der Waals surface area contributed by atoms with E-state index in [0.29, 0.717) is 5.41 Å². The van der Waals surface area contributed by atoms with Gasteiger partial charge in [0.2, 0.25) is 0 Å². The van der Waals surface area contributed by atoms with E-state index in [9.17, 15) is 0 Å². The first-order valence-electron chi connectivity index (χ1n) is 14.9. The van der Waals surface area contributed by atoms with Gasteiger partial charge in [0.1, 0.15) is 0 Å². The van der Waals surface area contributed by atoms with E-state index >= 15 is 0 Å². The molecule has 3 heteroatoms. The van der Waals surface area contributed by atoms with Crippen LogP contribution in [0.5, 0.6) is 0 Å². The molecule has 0 N–H and O–H groups in total. The molecule has 0 amide bonds. The van der Waals surface area contributed by atoms with Crippen molar-refractivity contribution in [3.63, 3.8) is 0 Å². The predicted molar refractivity (Wildman–Crippen MR) is 177 cm³/mol. The zero-order valence-corrected chi connectivity index (χ0v) is 32.4. The minimum atomic E-state index is 0. The van der Waals surface area contributed by atoms with E-state index in [1.807, 2.05) is 0 Å². The van der Waals surface area contributed by atoms with Crippen LogP contribution in [-0.2, 0) is 46.9 Å². The Morgan fingerprint density at radius 2 is 1.26 bits per heavy atom. The molecule has 0 saturated carbocycles. The monoisotopic (exact) mass is 690 g/mol. The van der Waals surface area contributed by atoms with Crippen molar-refractivity contribution in [3.05, 3.63) is 123 Å². The number of aryl methyl sites for hydroxylation is 3. The Morgan fingerprint density at radius 1 is 0.698 bits per heavy atom. The van der Waals surface area contributed by atoms with Gasteiger partial charge in [-0.15, -0.1) is 5.56 Å². The molecule has 0 unspecified atom stereocenters. The van der Waals surface area contributed by atoms with Crippen LogP contribution in [-0.4, -0.2) is 3.71 Å². The maximum absolute atomic E-state index is 3.53. The average Bonchev–Trinajstić information content (AvgIpc) is 3.42. The molecule has 5 rings (SSSR count). The summed E-state index contributed by atoms with van der Waals surface area (Å²) in [5, 5.41) is 0. The first kappa shape index (κ1) is 39.4. The molecule has 0 aliphatic heterocycles. The number of hydrogen-bond acceptors (Lipinski definition) is 0. The zero-order valence-electron chi connectivity index (χ0n) is 28.4. The first-order valence-corrected chi connectivity index (χ1v) is 16.3. The number of rotatable bonds is 1. The minimum absolute atomic E-state index is 0. The molecule has 0 radical (unpaired) electrons. The molecule has 0 heterocycles. The largest absolute Gasteiger partial charge is 1.00 e. The second-order valence-electron chi connectivity index (χ2n) is 14.8. The van der Waals surface area contributed by atoms with E-state index in [1.54, 1.807) is 0 Å². The van der Waals surface area contributed by atoms with Crippen molar-refractivity contribution in [2.45, 2.75) is 106 Å². The summed E-state index contributed by atoms with van der Waals surface area (Å²) in [6.07, 6.45) is 1.03. The van der Waals surface area contributed by atoms with Gasteiger partial charge in [0.25, 0.3) is 0 Å². The molecule has 0 fully saturated rings. The van der Waals surface area contributed by atoms with Crippen LogP contribution in [0.4, 0.5) is 0 Å². The van der Waals surface area contributed by atoms with Gasteiger partial charge < -0.3 is 24.8 Å². The van der Waals surface area contributed by atoms with Crippen LogP contribution in [0.3, 0.4) is 0 Å². The van der Waals surface area contributed by atoms with Crippen molar-refractivity contribution in [2.24, 2.45) is 0 Å². The molecule has 0 aromatic heterocycles. The third kappa shape index (κ3) is 10.7. The second kappa shape index (κ2) is 15.6. The first-order chi connectivity index (χ1) is 18.9. The maximum atomic E-state index is 3.53. The Bertz CT molecular complexity index is 1420. The third-order valence-corrected chi connectivity index (χ3v) is 8.64. The SMILES string of the molecule is CC(C)(C)c1c[c-]c2c(c1)-c1cc(C(C)(C)C)ccc1C2.Cc1cc(C(C)(C)C)c(C)[cH-]1.Cc1ccc([CH]=[Zr+2])cc1.[Cl-].[Cl-]. The van der Waals surface area contributed by atoms with E-state index in [2.05, 4.69) is 160 Å². The van der Waals surface area contributed by atoms with Crippen LogP contribution in [0, 0.1) is 26.8 Å². The Hall–Kier alpha value is -1.66. The van der Waals surface area contributed by atoms with E-state index < -0.39 is 0 Å². The van der Waals surface area contributed by atoms with Crippen molar-refractivity contribution in [3.8, 4) is 11.1 Å². The van der Waals surface area contributed by atoms with Crippen LogP contribution < -0.4 is 24.8 Å². The predicted octanol–water partition coefficient (Wildman–Crippen LogP) is 4.67. The van der Waals surface area contributed by atoms with Crippen molar-refractivity contribution < 1.29 is 49.0 Å². The molecular weight excluding hydrogens is 643 g/mol. The van der Waals surface area contributed by atoms with Crippen LogP contribution in [0.2, 0.25) is 0 Å². The summed E-state index contributed by atoms with van der Waals surface area (Å²) in [5.74, 6) is 0. The van der Waals surface area contributed by atoms with E-state index in [-0.39, 0.29) is 35.6 Å². The molecule has 43 heavy (non-hydrogen) atoms. The molecular formula is C40H50Cl2Zr-2. The molecule has 4 aromatic rings. The van der Waals surface area contributed by atoms with Gasteiger partial charge in [-0.3, -0.25) is 0 Å². The molecule has 4 aromatic carbocycles. The summed E-state index contributed by atoms with van der Waals surface area (Å²) >= 11 is 1.47. The van der Waals surface area contributed by atoms with Crippen molar-refractivity contribution >= 4 is 3.71 Å². The van der Waals surface area contributed by atoms with Crippen LogP contribution >= 0.6 is 0 Å². The van der Waals surface area contributed by atoms with Gasteiger partial charge in [-0.2, -0.15) is 52.1 Å². The van der Waals surface area contributed by atoms with Crippen molar-refractivity contribution in [2.75, 3.05) is 0 Å². The molecule has 230 valence electrons. The molecule has 0 atom stereocenters. The summed E-state index contributed by atoms with van der Waals surface area (Å²) in [7, 11) is 0. The standard InChI is InChI=1S/C21H25.C11H17.C8H8.2ClH.Zr/c1-20(2,3)16-9-7-14-11-15-8-10-17(21(4,5)6)13-19(15)18(14)12-16;1-8-6-9(2)10(7-8)11(3,4)5;1-7-3-5-8(2)6-4-7;;;/h7,9-10,12-13H,11H2,1-6H3;6-7H,1-5H3;1,3-6H,2H3;2*1H;/q2*-1;;;;+2/p-2. The molecule has 1 aliphatic rings. The molecule has 1 aliphatic carbocycles. The topological polar surface area (TPSA) is 0 Å². The quantitative estimate of drug-likeness (QED) is 0.224. The zero-order chi connectivity index (χ0) is 30.8. The van der Waals surface area contributed by atoms with Crippen molar-refractivity contribution in [1.82, 2.24) is 0 Å². The summed E-state index contributed by atoms with van der Waals surface area (Å²) in [5.41, 5.74) is 16.0. The minimum Gasteiger partial charge on any atom is -1.00 e. The fourth-order valence-corrected chi connectivity index (χ4v) is 5.73. The van der Waals surface area contributed by atoms with Gasteiger partial charge >= 0.3 is 70.3 Å². The fraction of sp³-hybridized carbons (Fsp3) is 0.400. The van der Waals surface area contributed by atoms with Gasteiger partial charge in [-0.25, -0.2) is 6.07 Å². The molecule has 0 spiro atoms. The second-order valence-corrected chi connectivity index (χ2v) is 15.5. The van der Waals surface area contributed by atoms with Crippen molar-refractivity contribution in [1.29, 1.82) is 0 Å². The number of benzene rings is 3.